The van der Waals surface area contributed by atoms with Gasteiger partial charge in [-0.05, 0) is 13.1 Å². The lowest BCUT2D eigenvalue weighted by molar-refractivity contribution is -0.123. The highest BCUT2D eigenvalue weighted by atomic mass is 35.5. The lowest BCUT2D eigenvalue weighted by Gasteiger charge is -2.18. The largest absolute Gasteiger partial charge is 0.496 e. The number of aliphatic hydroxyl groups is 1. The molecule has 7 nitrogen and oxygen atoms in total. The SMILES string of the molecule is CNC(C(=O)NCC(O)c1ccccc1OC)c1cnn(C)c1.Cl. The molecule has 0 spiro atoms. The minimum atomic E-state index is -0.846. The number of methoxy groups -OCH3 is 1. The van der Waals surface area contributed by atoms with E-state index in [1.54, 1.807) is 50.4 Å². The van der Waals surface area contributed by atoms with Gasteiger partial charge in [0.1, 0.15) is 11.8 Å². The smallest absolute Gasteiger partial charge is 0.241 e. The number of aliphatic hydroxyl groups excluding tert-OH is 1. The van der Waals surface area contributed by atoms with E-state index in [0.717, 1.165) is 5.56 Å². The van der Waals surface area contributed by atoms with Gasteiger partial charge < -0.3 is 20.5 Å². The number of hydrogen-bond acceptors (Lipinski definition) is 5. The second-order valence-electron chi connectivity index (χ2n) is 5.17. The molecule has 0 aliphatic rings. The van der Waals surface area contributed by atoms with Crippen molar-refractivity contribution in [2.75, 3.05) is 20.7 Å². The summed E-state index contributed by atoms with van der Waals surface area (Å²) >= 11 is 0. The molecule has 2 aromatic rings. The molecule has 2 unspecified atom stereocenters. The molecule has 1 aromatic carbocycles. The summed E-state index contributed by atoms with van der Waals surface area (Å²) in [5, 5.41) is 20.0. The van der Waals surface area contributed by atoms with Gasteiger partial charge in [0.2, 0.25) is 5.91 Å². The number of hydrogen-bond donors (Lipinski definition) is 3. The molecule has 1 amide bonds. The number of rotatable bonds is 7. The van der Waals surface area contributed by atoms with E-state index in [4.69, 9.17) is 4.74 Å². The molecule has 1 heterocycles. The molecular formula is C16H23ClN4O3. The fraction of sp³-hybridized carbons (Fsp3) is 0.375. The van der Waals surface area contributed by atoms with Crippen molar-refractivity contribution in [1.82, 2.24) is 20.4 Å². The number of amides is 1. The average molecular weight is 355 g/mol. The first-order chi connectivity index (χ1) is 11.1. The maximum Gasteiger partial charge on any atom is 0.241 e. The number of nitrogens with one attached hydrogen (secondary N) is 2. The molecule has 0 aliphatic carbocycles. The van der Waals surface area contributed by atoms with Gasteiger partial charge in [-0.25, -0.2) is 0 Å². The Labute approximate surface area is 147 Å². The number of para-hydroxylation sites is 1. The molecule has 0 aliphatic heterocycles. The molecule has 8 heteroatoms. The predicted octanol–water partition coefficient (Wildman–Crippen LogP) is 0.961. The van der Waals surface area contributed by atoms with E-state index in [1.165, 1.54) is 0 Å². The molecule has 3 N–H and O–H groups in total. The van der Waals surface area contributed by atoms with Gasteiger partial charge in [-0.15, -0.1) is 12.4 Å². The van der Waals surface area contributed by atoms with Crippen LogP contribution in [0.4, 0.5) is 0 Å². The minimum absolute atomic E-state index is 0. The van der Waals surface area contributed by atoms with E-state index < -0.39 is 12.1 Å². The van der Waals surface area contributed by atoms with Crippen LogP contribution in [0, 0.1) is 0 Å². The van der Waals surface area contributed by atoms with Crippen LogP contribution in [0.2, 0.25) is 0 Å². The number of aromatic nitrogens is 2. The monoisotopic (exact) mass is 354 g/mol. The Kier molecular flexibility index (Phi) is 7.70. The number of aryl methyl sites for hydroxylation is 1. The van der Waals surface area contributed by atoms with Crippen LogP contribution in [-0.2, 0) is 11.8 Å². The van der Waals surface area contributed by atoms with Crippen molar-refractivity contribution in [1.29, 1.82) is 0 Å². The molecule has 0 bridgehead atoms. The summed E-state index contributed by atoms with van der Waals surface area (Å²) in [6.45, 7) is 0.0949. The van der Waals surface area contributed by atoms with Gasteiger partial charge in [-0.1, -0.05) is 18.2 Å². The first kappa shape index (κ1) is 20.0. The minimum Gasteiger partial charge on any atom is -0.496 e. The molecule has 24 heavy (non-hydrogen) atoms. The molecule has 2 rings (SSSR count). The topological polar surface area (TPSA) is 88.4 Å². The highest BCUT2D eigenvalue weighted by molar-refractivity contribution is 5.85. The van der Waals surface area contributed by atoms with Gasteiger partial charge in [-0.3, -0.25) is 9.48 Å². The zero-order valence-electron chi connectivity index (χ0n) is 13.9. The summed E-state index contributed by atoms with van der Waals surface area (Å²) in [7, 11) is 5.04. The zero-order valence-corrected chi connectivity index (χ0v) is 14.7. The predicted molar refractivity (Wildman–Crippen MR) is 93.2 cm³/mol. The summed E-state index contributed by atoms with van der Waals surface area (Å²) in [5.41, 5.74) is 1.40. The van der Waals surface area contributed by atoms with Gasteiger partial charge >= 0.3 is 0 Å². The van der Waals surface area contributed by atoms with Crippen molar-refractivity contribution < 1.29 is 14.6 Å². The van der Waals surface area contributed by atoms with Crippen LogP contribution in [0.5, 0.6) is 5.75 Å². The fourth-order valence-corrected chi connectivity index (χ4v) is 2.39. The lowest BCUT2D eigenvalue weighted by atomic mass is 10.1. The van der Waals surface area contributed by atoms with Crippen molar-refractivity contribution >= 4 is 18.3 Å². The highest BCUT2D eigenvalue weighted by Gasteiger charge is 2.21. The molecule has 0 saturated heterocycles. The van der Waals surface area contributed by atoms with Gasteiger partial charge in [0, 0.05) is 30.9 Å². The van der Waals surface area contributed by atoms with Crippen molar-refractivity contribution in [3.8, 4) is 5.75 Å². The number of halogens is 1. The molecule has 1 aromatic heterocycles. The molecular weight excluding hydrogens is 332 g/mol. The van der Waals surface area contributed by atoms with Crippen LogP contribution in [0.3, 0.4) is 0 Å². The molecule has 0 fully saturated rings. The van der Waals surface area contributed by atoms with Gasteiger partial charge in [0.25, 0.3) is 0 Å². The average Bonchev–Trinajstić information content (AvgIpc) is 2.99. The maximum absolute atomic E-state index is 12.3. The van der Waals surface area contributed by atoms with Gasteiger partial charge in [-0.2, -0.15) is 5.10 Å². The van der Waals surface area contributed by atoms with Crippen LogP contribution >= 0.6 is 12.4 Å². The van der Waals surface area contributed by atoms with Crippen molar-refractivity contribution in [2.45, 2.75) is 12.1 Å². The Bertz CT molecular complexity index is 662. The van der Waals surface area contributed by atoms with E-state index in [2.05, 4.69) is 15.7 Å². The first-order valence-electron chi connectivity index (χ1n) is 7.31. The summed E-state index contributed by atoms with van der Waals surface area (Å²) < 4.78 is 6.85. The summed E-state index contributed by atoms with van der Waals surface area (Å²) in [6.07, 6.45) is 2.57. The van der Waals surface area contributed by atoms with Crippen molar-refractivity contribution in [3.05, 3.63) is 47.8 Å². The number of carbonyl (C=O) groups is 1. The maximum atomic E-state index is 12.3. The number of ether oxygens (including phenoxy) is 1. The van der Waals surface area contributed by atoms with Crippen LogP contribution in [0.1, 0.15) is 23.3 Å². The van der Waals surface area contributed by atoms with E-state index in [-0.39, 0.29) is 24.9 Å². The Morgan fingerprint density at radius 1 is 1.42 bits per heavy atom. The zero-order chi connectivity index (χ0) is 16.8. The molecule has 2 atom stereocenters. The number of likely N-dealkylation sites (N-methyl/N-ethyl adjacent to an activating group) is 1. The van der Waals surface area contributed by atoms with Crippen molar-refractivity contribution in [2.24, 2.45) is 7.05 Å². The van der Waals surface area contributed by atoms with E-state index in [0.29, 0.717) is 11.3 Å². The first-order valence-corrected chi connectivity index (χ1v) is 7.31. The highest BCUT2D eigenvalue weighted by Crippen LogP contribution is 2.24. The number of carbonyl (C=O) groups excluding carboxylic acids is 1. The quantitative estimate of drug-likeness (QED) is 0.689. The molecule has 132 valence electrons. The second kappa shape index (κ2) is 9.27. The second-order valence-corrected chi connectivity index (χ2v) is 5.17. The van der Waals surface area contributed by atoms with E-state index >= 15 is 0 Å². The van der Waals surface area contributed by atoms with Crippen LogP contribution in [0.15, 0.2) is 36.7 Å². The summed E-state index contributed by atoms with van der Waals surface area (Å²) in [6, 6.07) is 6.66. The number of benzene rings is 1. The Hall–Kier alpha value is -2.09. The Balaban J connectivity index is 0.00000288. The standard InChI is InChI=1S/C16H22N4O3.ClH/c1-17-15(11-8-19-20(2)10-11)16(22)18-9-13(21)12-6-4-5-7-14(12)23-3;/h4-8,10,13,15,17,21H,9H2,1-3H3,(H,18,22);1H. The third-order valence-electron chi connectivity index (χ3n) is 3.58. The third kappa shape index (κ3) is 4.70. The Morgan fingerprint density at radius 3 is 2.71 bits per heavy atom. The van der Waals surface area contributed by atoms with E-state index in [1.807, 2.05) is 12.1 Å². The van der Waals surface area contributed by atoms with Crippen LogP contribution in [0.25, 0.3) is 0 Å². The van der Waals surface area contributed by atoms with Gasteiger partial charge in [0.05, 0.1) is 19.4 Å². The van der Waals surface area contributed by atoms with E-state index in [9.17, 15) is 9.90 Å². The van der Waals surface area contributed by atoms with Crippen molar-refractivity contribution in [3.63, 3.8) is 0 Å². The van der Waals surface area contributed by atoms with Crippen LogP contribution in [-0.4, -0.2) is 41.5 Å². The molecule has 0 saturated carbocycles. The fourth-order valence-electron chi connectivity index (χ4n) is 2.39. The Morgan fingerprint density at radius 2 is 2.12 bits per heavy atom. The summed E-state index contributed by atoms with van der Waals surface area (Å²) in [5.74, 6) is 0.362. The van der Waals surface area contributed by atoms with Gasteiger partial charge in [0.15, 0.2) is 0 Å². The molecule has 0 radical (unpaired) electrons. The summed E-state index contributed by atoms with van der Waals surface area (Å²) in [4.78, 5) is 12.3. The lowest BCUT2D eigenvalue weighted by Crippen LogP contribution is -2.38. The normalized spacial score (nSPS) is 12.8. The van der Waals surface area contributed by atoms with Crippen LogP contribution < -0.4 is 15.4 Å². The number of nitrogens with zero attached hydrogens (tertiary/aromatic N) is 2. The third-order valence-corrected chi connectivity index (χ3v) is 3.58.